The van der Waals surface area contributed by atoms with Crippen LogP contribution in [0.15, 0.2) is 0 Å². The van der Waals surface area contributed by atoms with Gasteiger partial charge in [0.1, 0.15) is 0 Å². The number of hydrogen-bond donors (Lipinski definition) is 1. The summed E-state index contributed by atoms with van der Waals surface area (Å²) < 4.78 is 0. The molecule has 0 spiro atoms. The van der Waals surface area contributed by atoms with Crippen LogP contribution >= 0.6 is 12.6 Å². The molecule has 0 nitrogen and oxygen atoms in total. The smallest absolute Gasteiger partial charge is 0.00817 e. The van der Waals surface area contributed by atoms with Crippen molar-refractivity contribution in [1.82, 2.24) is 0 Å². The van der Waals surface area contributed by atoms with E-state index in [1.165, 1.54) is 25.7 Å². The third-order valence-corrected chi connectivity index (χ3v) is 3.03. The van der Waals surface area contributed by atoms with Crippen LogP contribution in [0.25, 0.3) is 0 Å². The van der Waals surface area contributed by atoms with Crippen molar-refractivity contribution in [2.45, 2.75) is 30.9 Å². The zero-order chi connectivity index (χ0) is 5.56. The molecule has 2 fully saturated rings. The summed E-state index contributed by atoms with van der Waals surface area (Å²) in [6, 6.07) is 0. The van der Waals surface area contributed by atoms with Crippen molar-refractivity contribution < 1.29 is 0 Å². The maximum atomic E-state index is 4.46. The first-order valence-corrected chi connectivity index (χ1v) is 3.90. The summed E-state index contributed by atoms with van der Waals surface area (Å²) in [5, 5.41) is 0.689. The standard InChI is InChI=1S/C7H11S/c8-7-4-5-1-2-6(7)3-5/h5,7-8H,1-4H2. The molecule has 0 N–H and O–H groups in total. The molecule has 2 bridgehead atoms. The first-order chi connectivity index (χ1) is 3.86. The number of thiol groups is 1. The van der Waals surface area contributed by atoms with Gasteiger partial charge in [0.25, 0.3) is 0 Å². The van der Waals surface area contributed by atoms with Crippen LogP contribution in [0.5, 0.6) is 0 Å². The average Bonchev–Trinajstić information content (AvgIpc) is 2.23. The molecule has 0 amide bonds. The van der Waals surface area contributed by atoms with E-state index in [0.717, 1.165) is 5.92 Å². The van der Waals surface area contributed by atoms with E-state index in [4.69, 9.17) is 0 Å². The van der Waals surface area contributed by atoms with Crippen LogP contribution in [-0.2, 0) is 0 Å². The molecule has 2 saturated carbocycles. The molecule has 2 aliphatic rings. The Morgan fingerprint density at radius 1 is 1.50 bits per heavy atom. The van der Waals surface area contributed by atoms with Crippen molar-refractivity contribution in [3.05, 3.63) is 5.92 Å². The second-order valence-electron chi connectivity index (χ2n) is 3.02. The highest BCUT2D eigenvalue weighted by atomic mass is 32.1. The number of hydrogen-bond acceptors (Lipinski definition) is 1. The predicted octanol–water partition coefficient (Wildman–Crippen LogP) is 2.06. The lowest BCUT2D eigenvalue weighted by atomic mass is 10.0. The largest absolute Gasteiger partial charge is 0.175 e. The van der Waals surface area contributed by atoms with E-state index in [0.29, 0.717) is 5.25 Å². The second-order valence-corrected chi connectivity index (χ2v) is 3.64. The van der Waals surface area contributed by atoms with Crippen LogP contribution in [-0.4, -0.2) is 5.25 Å². The normalized spacial score (nSPS) is 46.1. The molecule has 2 aliphatic carbocycles. The Morgan fingerprint density at radius 3 is 2.62 bits per heavy atom. The van der Waals surface area contributed by atoms with E-state index in [2.05, 4.69) is 12.6 Å². The molecule has 0 aliphatic heterocycles. The lowest BCUT2D eigenvalue weighted by molar-refractivity contribution is 0.535. The summed E-state index contributed by atoms with van der Waals surface area (Å²) in [6.45, 7) is 0. The Kier molecular flexibility index (Phi) is 1.07. The minimum atomic E-state index is 0.689. The van der Waals surface area contributed by atoms with Crippen molar-refractivity contribution in [2.24, 2.45) is 5.92 Å². The molecule has 45 valence electrons. The molecule has 2 atom stereocenters. The first-order valence-electron chi connectivity index (χ1n) is 3.39. The highest BCUT2D eigenvalue weighted by Gasteiger charge is 2.37. The van der Waals surface area contributed by atoms with E-state index in [1.54, 1.807) is 5.92 Å². The van der Waals surface area contributed by atoms with Gasteiger partial charge in [0.15, 0.2) is 0 Å². The third kappa shape index (κ3) is 0.604. The monoisotopic (exact) mass is 127 g/mol. The Morgan fingerprint density at radius 2 is 2.38 bits per heavy atom. The van der Waals surface area contributed by atoms with E-state index in [9.17, 15) is 0 Å². The lowest BCUT2D eigenvalue weighted by Crippen LogP contribution is -2.06. The molecule has 1 radical (unpaired) electrons. The van der Waals surface area contributed by atoms with Crippen molar-refractivity contribution >= 4 is 12.6 Å². The SMILES string of the molecule is SC1CC2CC[C]1C2. The van der Waals surface area contributed by atoms with Gasteiger partial charge in [-0.25, -0.2) is 0 Å². The van der Waals surface area contributed by atoms with E-state index in [-0.39, 0.29) is 0 Å². The van der Waals surface area contributed by atoms with Gasteiger partial charge in [-0.15, -0.1) is 0 Å². The van der Waals surface area contributed by atoms with Crippen LogP contribution in [0.2, 0.25) is 0 Å². The van der Waals surface area contributed by atoms with E-state index >= 15 is 0 Å². The quantitative estimate of drug-likeness (QED) is 0.473. The van der Waals surface area contributed by atoms with Gasteiger partial charge in [-0.3, -0.25) is 0 Å². The molecule has 0 aromatic rings. The van der Waals surface area contributed by atoms with Gasteiger partial charge >= 0.3 is 0 Å². The van der Waals surface area contributed by atoms with Crippen molar-refractivity contribution in [3.63, 3.8) is 0 Å². The fourth-order valence-electron chi connectivity index (χ4n) is 1.95. The fraction of sp³-hybridized carbons (Fsp3) is 0.857. The molecule has 0 aromatic heterocycles. The van der Waals surface area contributed by atoms with Gasteiger partial charge in [0.05, 0.1) is 0 Å². The van der Waals surface area contributed by atoms with Crippen LogP contribution < -0.4 is 0 Å². The molecule has 1 heteroatoms. The molecule has 2 unspecified atom stereocenters. The predicted molar refractivity (Wildman–Crippen MR) is 38.0 cm³/mol. The van der Waals surface area contributed by atoms with Gasteiger partial charge in [-0.2, -0.15) is 12.6 Å². The van der Waals surface area contributed by atoms with Gasteiger partial charge < -0.3 is 0 Å². The van der Waals surface area contributed by atoms with Crippen LogP contribution in [0, 0.1) is 11.8 Å². The highest BCUT2D eigenvalue weighted by molar-refractivity contribution is 7.81. The summed E-state index contributed by atoms with van der Waals surface area (Å²) in [7, 11) is 0. The van der Waals surface area contributed by atoms with Crippen LogP contribution in [0.4, 0.5) is 0 Å². The molecule has 2 rings (SSSR count). The summed E-state index contributed by atoms with van der Waals surface area (Å²) in [4.78, 5) is 0. The zero-order valence-electron chi connectivity index (χ0n) is 4.93. The Labute approximate surface area is 56.1 Å². The molecule has 8 heavy (non-hydrogen) atoms. The fourth-order valence-corrected chi connectivity index (χ4v) is 2.48. The topological polar surface area (TPSA) is 0 Å². The highest BCUT2D eigenvalue weighted by Crippen LogP contribution is 2.48. The molecular formula is C7H11S. The molecule has 0 aromatic carbocycles. The Balaban J connectivity index is 2.11. The van der Waals surface area contributed by atoms with Gasteiger partial charge in [0.2, 0.25) is 0 Å². The first kappa shape index (κ1) is 5.16. The zero-order valence-corrected chi connectivity index (χ0v) is 5.82. The Bertz CT molecular complexity index is 98.6. The van der Waals surface area contributed by atoms with Crippen LogP contribution in [0.1, 0.15) is 25.7 Å². The van der Waals surface area contributed by atoms with Gasteiger partial charge in [0, 0.05) is 5.25 Å². The average molecular weight is 127 g/mol. The summed E-state index contributed by atoms with van der Waals surface area (Å²) >= 11 is 4.46. The maximum Gasteiger partial charge on any atom is 0.00817 e. The molecular weight excluding hydrogens is 116 g/mol. The minimum absolute atomic E-state index is 0.689. The molecule has 0 heterocycles. The maximum absolute atomic E-state index is 4.46. The summed E-state index contributed by atoms with van der Waals surface area (Å²) in [6.07, 6.45) is 5.64. The van der Waals surface area contributed by atoms with Crippen molar-refractivity contribution in [1.29, 1.82) is 0 Å². The summed E-state index contributed by atoms with van der Waals surface area (Å²) in [5.74, 6) is 2.77. The third-order valence-electron chi connectivity index (χ3n) is 2.45. The Hall–Kier alpha value is 0.350. The number of fused-ring (bicyclic) bond motifs is 2. The van der Waals surface area contributed by atoms with E-state index < -0.39 is 0 Å². The van der Waals surface area contributed by atoms with Crippen LogP contribution in [0.3, 0.4) is 0 Å². The second kappa shape index (κ2) is 1.66. The summed E-state index contributed by atoms with van der Waals surface area (Å²) in [5.41, 5.74) is 0. The minimum Gasteiger partial charge on any atom is -0.175 e. The van der Waals surface area contributed by atoms with Gasteiger partial charge in [-0.05, 0) is 37.5 Å². The van der Waals surface area contributed by atoms with E-state index in [1.807, 2.05) is 0 Å². The molecule has 0 saturated heterocycles. The van der Waals surface area contributed by atoms with Gasteiger partial charge in [-0.1, -0.05) is 0 Å². The van der Waals surface area contributed by atoms with Crippen molar-refractivity contribution in [2.75, 3.05) is 0 Å². The number of rotatable bonds is 0. The lowest BCUT2D eigenvalue weighted by Gasteiger charge is -2.14. The van der Waals surface area contributed by atoms with Crippen molar-refractivity contribution in [3.8, 4) is 0 Å².